The second-order valence-electron chi connectivity index (χ2n) is 9.82. The Labute approximate surface area is 140 Å². The first-order valence-corrected chi connectivity index (χ1v) is 10.5. The van der Waals surface area contributed by atoms with Crippen LogP contribution in [0, 0.1) is 29.1 Å². The van der Waals surface area contributed by atoms with Crippen LogP contribution in [0.5, 0.6) is 0 Å². The molecule has 2 aliphatic rings. The molecule has 0 spiro atoms. The van der Waals surface area contributed by atoms with E-state index in [4.69, 9.17) is 0 Å². The lowest BCUT2D eigenvalue weighted by molar-refractivity contribution is 0.127. The number of hydrogen-bond donors (Lipinski definition) is 0. The van der Waals surface area contributed by atoms with Gasteiger partial charge >= 0.3 is 0 Å². The van der Waals surface area contributed by atoms with Crippen molar-refractivity contribution in [1.82, 2.24) is 0 Å². The molecule has 0 nitrogen and oxygen atoms in total. The summed E-state index contributed by atoms with van der Waals surface area (Å²) in [6.07, 6.45) is 19.7. The van der Waals surface area contributed by atoms with Crippen LogP contribution in [-0.4, -0.2) is 0 Å². The molecule has 0 unspecified atom stereocenters. The molecule has 0 heterocycles. The third-order valence-electron chi connectivity index (χ3n) is 6.57. The minimum atomic E-state index is 0.536. The van der Waals surface area contributed by atoms with E-state index in [-0.39, 0.29) is 0 Å². The van der Waals surface area contributed by atoms with Crippen LogP contribution < -0.4 is 0 Å². The Hall–Kier alpha value is 0. The van der Waals surface area contributed by atoms with E-state index in [1.807, 2.05) is 0 Å². The topological polar surface area (TPSA) is 0 Å². The van der Waals surface area contributed by atoms with Crippen LogP contribution in [0.4, 0.5) is 0 Å². The molecule has 0 amide bonds. The van der Waals surface area contributed by atoms with Gasteiger partial charge in [0.25, 0.3) is 0 Å². The highest BCUT2D eigenvalue weighted by molar-refractivity contribution is 4.83. The standard InChI is InChI=1S/C22H42/c1-5-6-7-8-18-9-13-20(14-10-18)21-15-11-19(12-16-21)17-22(2,3)4/h18-21H,5-17H2,1-4H3. The number of unbranched alkanes of at least 4 members (excludes halogenated alkanes) is 2. The predicted molar refractivity (Wildman–Crippen MR) is 99.1 cm³/mol. The minimum Gasteiger partial charge on any atom is -0.0654 e. The van der Waals surface area contributed by atoms with Gasteiger partial charge in [0.05, 0.1) is 0 Å². The molecule has 0 radical (unpaired) electrons. The Balaban J connectivity index is 1.64. The quantitative estimate of drug-likeness (QED) is 0.443. The van der Waals surface area contributed by atoms with Crippen molar-refractivity contribution in [2.45, 2.75) is 111 Å². The Morgan fingerprint density at radius 1 is 0.682 bits per heavy atom. The fourth-order valence-corrected chi connectivity index (χ4v) is 5.36. The van der Waals surface area contributed by atoms with Gasteiger partial charge in [0.1, 0.15) is 0 Å². The minimum absolute atomic E-state index is 0.536. The maximum Gasteiger partial charge on any atom is -0.0380 e. The van der Waals surface area contributed by atoms with Crippen molar-refractivity contribution in [3.05, 3.63) is 0 Å². The Kier molecular flexibility index (Phi) is 7.29. The zero-order valence-corrected chi connectivity index (χ0v) is 16.0. The second-order valence-corrected chi connectivity index (χ2v) is 9.82. The van der Waals surface area contributed by atoms with E-state index >= 15 is 0 Å². The predicted octanol–water partition coefficient (Wildman–Crippen LogP) is 7.62. The van der Waals surface area contributed by atoms with Gasteiger partial charge in [-0.05, 0) is 61.2 Å². The zero-order valence-electron chi connectivity index (χ0n) is 16.0. The molecular weight excluding hydrogens is 264 g/mol. The summed E-state index contributed by atoms with van der Waals surface area (Å²) in [6, 6.07) is 0. The lowest BCUT2D eigenvalue weighted by Crippen LogP contribution is -2.27. The van der Waals surface area contributed by atoms with E-state index in [2.05, 4.69) is 27.7 Å². The second kappa shape index (κ2) is 8.74. The normalized spacial score (nSPS) is 33.8. The molecule has 0 heteroatoms. The van der Waals surface area contributed by atoms with Crippen LogP contribution in [0.25, 0.3) is 0 Å². The third-order valence-corrected chi connectivity index (χ3v) is 6.57. The molecule has 0 bridgehead atoms. The molecular formula is C22H42. The van der Waals surface area contributed by atoms with Gasteiger partial charge in [-0.2, -0.15) is 0 Å². The first kappa shape index (κ1) is 18.3. The molecule has 0 saturated heterocycles. The molecule has 0 aromatic heterocycles. The van der Waals surface area contributed by atoms with Gasteiger partial charge in [0.2, 0.25) is 0 Å². The highest BCUT2D eigenvalue weighted by atomic mass is 14.4. The number of hydrogen-bond acceptors (Lipinski definition) is 0. The first-order valence-electron chi connectivity index (χ1n) is 10.5. The van der Waals surface area contributed by atoms with Crippen LogP contribution in [-0.2, 0) is 0 Å². The van der Waals surface area contributed by atoms with E-state index < -0.39 is 0 Å². The monoisotopic (exact) mass is 306 g/mol. The molecule has 2 rings (SSSR count). The van der Waals surface area contributed by atoms with Crippen molar-refractivity contribution in [2.75, 3.05) is 0 Å². The molecule has 0 atom stereocenters. The highest BCUT2D eigenvalue weighted by Gasteiger charge is 2.31. The lowest BCUT2D eigenvalue weighted by Gasteiger charge is -2.39. The van der Waals surface area contributed by atoms with Crippen LogP contribution in [0.15, 0.2) is 0 Å². The molecule has 0 aliphatic heterocycles. The molecule has 0 aromatic rings. The van der Waals surface area contributed by atoms with Crippen LogP contribution in [0.3, 0.4) is 0 Å². The summed E-state index contributed by atoms with van der Waals surface area (Å²) in [5, 5.41) is 0. The van der Waals surface area contributed by atoms with E-state index in [0.29, 0.717) is 5.41 Å². The van der Waals surface area contributed by atoms with E-state index in [0.717, 1.165) is 23.7 Å². The summed E-state index contributed by atoms with van der Waals surface area (Å²) in [5.41, 5.74) is 0.536. The molecule has 2 fully saturated rings. The fraction of sp³-hybridized carbons (Fsp3) is 1.00. The van der Waals surface area contributed by atoms with Crippen molar-refractivity contribution in [1.29, 1.82) is 0 Å². The zero-order chi connectivity index (χ0) is 16.0. The largest absolute Gasteiger partial charge is 0.0654 e. The Morgan fingerprint density at radius 2 is 1.18 bits per heavy atom. The summed E-state index contributed by atoms with van der Waals surface area (Å²) < 4.78 is 0. The van der Waals surface area contributed by atoms with Crippen molar-refractivity contribution < 1.29 is 0 Å². The molecule has 130 valence electrons. The van der Waals surface area contributed by atoms with Gasteiger partial charge < -0.3 is 0 Å². The smallest absolute Gasteiger partial charge is 0.0380 e. The molecule has 0 N–H and O–H groups in total. The first-order chi connectivity index (χ1) is 10.5. The van der Waals surface area contributed by atoms with Gasteiger partial charge in [-0.3, -0.25) is 0 Å². The Bertz CT molecular complexity index is 282. The van der Waals surface area contributed by atoms with Gasteiger partial charge in [0.15, 0.2) is 0 Å². The fourth-order valence-electron chi connectivity index (χ4n) is 5.36. The molecule has 0 aromatic carbocycles. The van der Waals surface area contributed by atoms with Gasteiger partial charge in [0, 0.05) is 0 Å². The average Bonchev–Trinajstić information content (AvgIpc) is 2.48. The highest BCUT2D eigenvalue weighted by Crippen LogP contribution is 2.44. The van der Waals surface area contributed by atoms with Crippen molar-refractivity contribution in [3.63, 3.8) is 0 Å². The van der Waals surface area contributed by atoms with Crippen LogP contribution in [0.2, 0.25) is 0 Å². The maximum atomic E-state index is 2.42. The summed E-state index contributed by atoms with van der Waals surface area (Å²) in [6.45, 7) is 9.57. The average molecular weight is 307 g/mol. The lowest BCUT2D eigenvalue weighted by atomic mass is 9.67. The molecule has 2 saturated carbocycles. The van der Waals surface area contributed by atoms with Crippen molar-refractivity contribution in [3.8, 4) is 0 Å². The van der Waals surface area contributed by atoms with Crippen molar-refractivity contribution >= 4 is 0 Å². The maximum absolute atomic E-state index is 2.42. The summed E-state index contributed by atoms with van der Waals surface area (Å²) in [4.78, 5) is 0. The van der Waals surface area contributed by atoms with Gasteiger partial charge in [-0.1, -0.05) is 79.1 Å². The van der Waals surface area contributed by atoms with E-state index in [1.165, 1.54) is 44.9 Å². The van der Waals surface area contributed by atoms with Crippen LogP contribution >= 0.6 is 0 Å². The summed E-state index contributed by atoms with van der Waals surface area (Å²) in [5.74, 6) is 4.30. The summed E-state index contributed by atoms with van der Waals surface area (Å²) in [7, 11) is 0. The molecule has 22 heavy (non-hydrogen) atoms. The van der Waals surface area contributed by atoms with E-state index in [9.17, 15) is 0 Å². The number of rotatable bonds is 6. The molecule has 2 aliphatic carbocycles. The summed E-state index contributed by atoms with van der Waals surface area (Å²) >= 11 is 0. The third kappa shape index (κ3) is 6.25. The Morgan fingerprint density at radius 3 is 1.64 bits per heavy atom. The SMILES string of the molecule is CCCCCC1CCC(C2CCC(CC(C)(C)C)CC2)CC1. The van der Waals surface area contributed by atoms with Crippen LogP contribution in [0.1, 0.15) is 111 Å². The van der Waals surface area contributed by atoms with E-state index in [1.54, 1.807) is 38.5 Å². The van der Waals surface area contributed by atoms with Gasteiger partial charge in [-0.25, -0.2) is 0 Å². The van der Waals surface area contributed by atoms with Gasteiger partial charge in [-0.15, -0.1) is 0 Å². The van der Waals surface area contributed by atoms with Crippen molar-refractivity contribution in [2.24, 2.45) is 29.1 Å².